The summed E-state index contributed by atoms with van der Waals surface area (Å²) < 4.78 is 4.52. The van der Waals surface area contributed by atoms with E-state index < -0.39 is 17.5 Å². The second-order valence-electron chi connectivity index (χ2n) is 4.98. The van der Waals surface area contributed by atoms with Crippen molar-refractivity contribution in [3.63, 3.8) is 0 Å². The first kappa shape index (κ1) is 16.3. The van der Waals surface area contributed by atoms with Gasteiger partial charge in [0.2, 0.25) is 0 Å². The number of urea groups is 1. The molecule has 1 unspecified atom stereocenters. The minimum Gasteiger partial charge on any atom is -0.479 e. The summed E-state index contributed by atoms with van der Waals surface area (Å²) >= 11 is 0. The number of amides is 2. The van der Waals surface area contributed by atoms with Gasteiger partial charge in [0.25, 0.3) is 0 Å². The van der Waals surface area contributed by atoms with Crippen LogP contribution in [0.25, 0.3) is 0 Å². The van der Waals surface area contributed by atoms with Crippen LogP contribution in [0.15, 0.2) is 0 Å². The summed E-state index contributed by atoms with van der Waals surface area (Å²) in [6.07, 6.45) is 1.61. The molecule has 0 aromatic carbocycles. The number of methoxy groups -OCH3 is 1. The summed E-state index contributed by atoms with van der Waals surface area (Å²) in [6.45, 7) is 2.41. The quantitative estimate of drug-likeness (QED) is 0.760. The van der Waals surface area contributed by atoms with Crippen LogP contribution in [0.2, 0.25) is 0 Å². The Hall–Kier alpha value is -1.79. The summed E-state index contributed by atoms with van der Waals surface area (Å²) in [4.78, 5) is 37.7. The Morgan fingerprint density at radius 3 is 2.55 bits per heavy atom. The lowest BCUT2D eigenvalue weighted by molar-refractivity contribution is -0.148. The molecule has 114 valence electrons. The highest BCUT2D eigenvalue weighted by atomic mass is 16.5. The lowest BCUT2D eigenvalue weighted by atomic mass is 9.93. The highest BCUT2D eigenvalue weighted by Gasteiger charge is 2.49. The van der Waals surface area contributed by atoms with Crippen LogP contribution < -0.4 is 0 Å². The van der Waals surface area contributed by atoms with E-state index in [2.05, 4.69) is 4.74 Å². The van der Waals surface area contributed by atoms with Crippen molar-refractivity contribution in [3.8, 4) is 0 Å². The van der Waals surface area contributed by atoms with Crippen molar-refractivity contribution in [3.05, 3.63) is 0 Å². The monoisotopic (exact) mass is 286 g/mol. The molecule has 0 aromatic heterocycles. The van der Waals surface area contributed by atoms with Gasteiger partial charge in [0.1, 0.15) is 5.54 Å². The number of likely N-dealkylation sites (tertiary alicyclic amines) is 1. The van der Waals surface area contributed by atoms with Gasteiger partial charge in [-0.15, -0.1) is 0 Å². The second kappa shape index (κ2) is 6.58. The average Bonchev–Trinajstić information content (AvgIpc) is 2.88. The lowest BCUT2D eigenvalue weighted by Crippen LogP contribution is -2.56. The largest absolute Gasteiger partial charge is 0.479 e. The van der Waals surface area contributed by atoms with Crippen LogP contribution in [-0.4, -0.2) is 65.7 Å². The van der Waals surface area contributed by atoms with Gasteiger partial charge in [0.05, 0.1) is 13.5 Å². The molecule has 1 atom stereocenters. The second-order valence-corrected chi connectivity index (χ2v) is 4.98. The molecule has 1 aliphatic heterocycles. The van der Waals surface area contributed by atoms with E-state index in [0.29, 0.717) is 25.8 Å². The molecule has 20 heavy (non-hydrogen) atoms. The Bertz CT molecular complexity index is 398. The molecular weight excluding hydrogens is 264 g/mol. The molecule has 0 bridgehead atoms. The Labute approximate surface area is 118 Å². The topological polar surface area (TPSA) is 87.2 Å². The number of carbonyl (C=O) groups is 3. The first-order valence-electron chi connectivity index (χ1n) is 6.72. The molecule has 0 saturated carbocycles. The van der Waals surface area contributed by atoms with Crippen LogP contribution in [0.1, 0.15) is 32.6 Å². The molecular formula is C13H22N2O5. The standard InChI is InChI=1S/C13H22N2O5/c1-4-13(11(17)18)7-5-8-15(13)12(19)14(2)9-6-10(16)20-3/h4-9H2,1-3H3,(H,17,18). The molecule has 1 heterocycles. The van der Waals surface area contributed by atoms with Gasteiger partial charge >= 0.3 is 18.0 Å². The summed E-state index contributed by atoms with van der Waals surface area (Å²) in [5.74, 6) is -1.36. The third-order valence-electron chi connectivity index (χ3n) is 3.91. The van der Waals surface area contributed by atoms with E-state index >= 15 is 0 Å². The van der Waals surface area contributed by atoms with E-state index in [1.165, 1.54) is 16.9 Å². The third-order valence-corrected chi connectivity index (χ3v) is 3.91. The zero-order valence-corrected chi connectivity index (χ0v) is 12.2. The SMILES string of the molecule is CCC1(C(=O)O)CCCN1C(=O)N(C)CCC(=O)OC. The van der Waals surface area contributed by atoms with Crippen molar-refractivity contribution >= 4 is 18.0 Å². The predicted octanol–water partition coefficient (Wildman–Crippen LogP) is 0.930. The van der Waals surface area contributed by atoms with Gasteiger partial charge in [-0.3, -0.25) is 4.79 Å². The minimum atomic E-state index is -1.11. The van der Waals surface area contributed by atoms with Crippen molar-refractivity contribution in [2.75, 3.05) is 27.2 Å². The van der Waals surface area contributed by atoms with Crippen molar-refractivity contribution in [2.24, 2.45) is 0 Å². The van der Waals surface area contributed by atoms with Gasteiger partial charge < -0.3 is 19.6 Å². The summed E-state index contributed by atoms with van der Waals surface area (Å²) in [6, 6.07) is -0.351. The Balaban J connectivity index is 2.74. The minimum absolute atomic E-state index is 0.0960. The molecule has 1 saturated heterocycles. The maximum Gasteiger partial charge on any atom is 0.329 e. The van der Waals surface area contributed by atoms with Crippen LogP contribution >= 0.6 is 0 Å². The molecule has 0 aromatic rings. The van der Waals surface area contributed by atoms with Crippen LogP contribution in [0.3, 0.4) is 0 Å². The molecule has 1 N–H and O–H groups in total. The Morgan fingerprint density at radius 1 is 1.40 bits per heavy atom. The molecule has 0 spiro atoms. The molecule has 7 heteroatoms. The fraction of sp³-hybridized carbons (Fsp3) is 0.769. The molecule has 1 fully saturated rings. The van der Waals surface area contributed by atoms with Gasteiger partial charge in [-0.25, -0.2) is 9.59 Å². The number of hydrogen-bond acceptors (Lipinski definition) is 4. The number of rotatable bonds is 5. The maximum atomic E-state index is 12.4. The van der Waals surface area contributed by atoms with Crippen molar-refractivity contribution in [1.29, 1.82) is 0 Å². The van der Waals surface area contributed by atoms with Gasteiger partial charge in [0, 0.05) is 20.1 Å². The van der Waals surface area contributed by atoms with E-state index in [1.807, 2.05) is 0 Å². The number of carboxylic acid groups (broad SMARTS) is 1. The predicted molar refractivity (Wildman–Crippen MR) is 71.3 cm³/mol. The highest BCUT2D eigenvalue weighted by Crippen LogP contribution is 2.33. The van der Waals surface area contributed by atoms with E-state index in [9.17, 15) is 19.5 Å². The number of carboxylic acids is 1. The number of hydrogen-bond donors (Lipinski definition) is 1. The molecule has 0 aliphatic carbocycles. The van der Waals surface area contributed by atoms with Gasteiger partial charge in [-0.1, -0.05) is 6.92 Å². The fourth-order valence-corrected chi connectivity index (χ4v) is 2.56. The number of esters is 1. The summed E-state index contributed by atoms with van der Waals surface area (Å²) in [5.41, 5.74) is -1.11. The van der Waals surface area contributed by atoms with Crippen LogP contribution in [0.5, 0.6) is 0 Å². The first-order valence-corrected chi connectivity index (χ1v) is 6.72. The first-order chi connectivity index (χ1) is 9.39. The zero-order valence-electron chi connectivity index (χ0n) is 12.2. The Morgan fingerprint density at radius 2 is 2.05 bits per heavy atom. The van der Waals surface area contributed by atoms with Crippen LogP contribution in [-0.2, 0) is 14.3 Å². The highest BCUT2D eigenvalue weighted by molar-refractivity contribution is 5.87. The smallest absolute Gasteiger partial charge is 0.329 e. The Kier molecular flexibility index (Phi) is 5.35. The fourth-order valence-electron chi connectivity index (χ4n) is 2.56. The number of ether oxygens (including phenoxy) is 1. The van der Waals surface area contributed by atoms with Crippen molar-refractivity contribution < 1.29 is 24.2 Å². The number of carbonyl (C=O) groups excluding carboxylic acids is 2. The van der Waals surface area contributed by atoms with Gasteiger partial charge in [-0.05, 0) is 19.3 Å². The molecule has 1 aliphatic rings. The average molecular weight is 286 g/mol. The summed E-state index contributed by atoms with van der Waals surface area (Å²) in [5, 5.41) is 9.43. The molecule has 2 amide bonds. The summed E-state index contributed by atoms with van der Waals surface area (Å²) in [7, 11) is 2.85. The molecule has 0 radical (unpaired) electrons. The van der Waals surface area contributed by atoms with E-state index in [1.54, 1.807) is 14.0 Å². The van der Waals surface area contributed by atoms with Crippen molar-refractivity contribution in [2.45, 2.75) is 38.1 Å². The van der Waals surface area contributed by atoms with E-state index in [0.717, 1.165) is 0 Å². The van der Waals surface area contributed by atoms with Crippen LogP contribution in [0, 0.1) is 0 Å². The number of aliphatic carboxylic acids is 1. The lowest BCUT2D eigenvalue weighted by Gasteiger charge is -2.36. The van der Waals surface area contributed by atoms with Gasteiger partial charge in [0.15, 0.2) is 0 Å². The van der Waals surface area contributed by atoms with Crippen LogP contribution in [0.4, 0.5) is 4.79 Å². The number of nitrogens with zero attached hydrogens (tertiary/aromatic N) is 2. The van der Waals surface area contributed by atoms with E-state index in [4.69, 9.17) is 0 Å². The molecule has 1 rings (SSSR count). The normalized spacial score (nSPS) is 21.6. The zero-order chi connectivity index (χ0) is 15.3. The maximum absolute atomic E-state index is 12.4. The van der Waals surface area contributed by atoms with Crippen molar-refractivity contribution in [1.82, 2.24) is 9.80 Å². The molecule has 7 nitrogen and oxygen atoms in total. The third kappa shape index (κ3) is 3.02. The van der Waals surface area contributed by atoms with E-state index in [-0.39, 0.29) is 19.0 Å². The van der Waals surface area contributed by atoms with Gasteiger partial charge in [-0.2, -0.15) is 0 Å².